The van der Waals surface area contributed by atoms with E-state index in [1.54, 1.807) is 19.1 Å². The number of carboxylic acid groups (broad SMARTS) is 1. The van der Waals surface area contributed by atoms with Crippen molar-refractivity contribution in [2.45, 2.75) is 44.0 Å². The summed E-state index contributed by atoms with van der Waals surface area (Å²) in [5.74, 6) is -1.12. The van der Waals surface area contributed by atoms with E-state index in [9.17, 15) is 18.0 Å². The molecule has 0 aliphatic heterocycles. The number of sulfonamides is 1. The van der Waals surface area contributed by atoms with E-state index >= 15 is 0 Å². The largest absolute Gasteiger partial charge is 0.494 e. The van der Waals surface area contributed by atoms with Crippen molar-refractivity contribution in [3.05, 3.63) is 24.3 Å². The number of hydrogen-bond acceptors (Lipinski definition) is 5. The molecule has 0 bridgehead atoms. The highest BCUT2D eigenvalue weighted by atomic mass is 32.2. The van der Waals surface area contributed by atoms with Crippen LogP contribution in [0.3, 0.4) is 0 Å². The van der Waals surface area contributed by atoms with Crippen LogP contribution in [-0.2, 0) is 19.6 Å². The van der Waals surface area contributed by atoms with Gasteiger partial charge in [-0.15, -0.1) is 0 Å². The Balaban J connectivity index is 2.59. The van der Waals surface area contributed by atoms with Gasteiger partial charge in [0, 0.05) is 13.0 Å². The lowest BCUT2D eigenvalue weighted by molar-refractivity contribution is -0.147. The number of rotatable bonds is 10. The molecule has 0 aliphatic rings. The molecule has 9 heteroatoms. The smallest absolute Gasteiger partial charge is 0.329 e. The van der Waals surface area contributed by atoms with Crippen molar-refractivity contribution in [2.75, 3.05) is 13.2 Å². The van der Waals surface area contributed by atoms with Crippen molar-refractivity contribution < 1.29 is 27.9 Å². The van der Waals surface area contributed by atoms with Gasteiger partial charge in [0.15, 0.2) is 0 Å². The van der Waals surface area contributed by atoms with E-state index in [0.717, 1.165) is 0 Å². The summed E-state index contributed by atoms with van der Waals surface area (Å²) in [7, 11) is -3.76. The van der Waals surface area contributed by atoms with Gasteiger partial charge in [-0.25, -0.2) is 17.9 Å². The van der Waals surface area contributed by atoms with Gasteiger partial charge in [0.25, 0.3) is 0 Å². The van der Waals surface area contributed by atoms with E-state index in [-0.39, 0.29) is 24.3 Å². The first-order valence-electron chi connectivity index (χ1n) is 7.91. The molecule has 0 spiro atoms. The molecule has 0 saturated heterocycles. The Hall–Kier alpha value is -2.13. The summed E-state index contributed by atoms with van der Waals surface area (Å²) in [6.07, 6.45) is 0.0467. The predicted octanol–water partition coefficient (Wildman–Crippen LogP) is 1.12. The van der Waals surface area contributed by atoms with Gasteiger partial charge in [-0.2, -0.15) is 0 Å². The topological polar surface area (TPSA) is 122 Å². The number of aliphatic carboxylic acids is 1. The maximum Gasteiger partial charge on any atom is 0.329 e. The third-order valence-corrected chi connectivity index (χ3v) is 5.16. The molecule has 0 aromatic heterocycles. The van der Waals surface area contributed by atoms with Gasteiger partial charge in [-0.3, -0.25) is 4.79 Å². The van der Waals surface area contributed by atoms with Crippen molar-refractivity contribution in [3.63, 3.8) is 0 Å². The standard InChI is InChI=1S/C16H24N2O6S/c1-4-16(3,15(20)21)18-14(19)10-11-17-25(22,23)13-8-6-12(7-9-13)24-5-2/h6-9,17H,4-5,10-11H2,1-3H3,(H,18,19)(H,20,21). The number of hydrogen-bond donors (Lipinski definition) is 3. The number of carbonyl (C=O) groups excluding carboxylic acids is 1. The highest BCUT2D eigenvalue weighted by molar-refractivity contribution is 7.89. The molecule has 1 aromatic carbocycles. The highest BCUT2D eigenvalue weighted by Crippen LogP contribution is 2.15. The summed E-state index contributed by atoms with van der Waals surface area (Å²) in [6.45, 7) is 5.21. The number of nitrogens with one attached hydrogen (secondary N) is 2. The minimum Gasteiger partial charge on any atom is -0.494 e. The Morgan fingerprint density at radius 2 is 1.80 bits per heavy atom. The maximum atomic E-state index is 12.2. The van der Waals surface area contributed by atoms with E-state index in [0.29, 0.717) is 12.4 Å². The number of ether oxygens (including phenoxy) is 1. The van der Waals surface area contributed by atoms with Crippen LogP contribution in [0.1, 0.15) is 33.6 Å². The fraction of sp³-hybridized carbons (Fsp3) is 0.500. The summed E-state index contributed by atoms with van der Waals surface area (Å²) >= 11 is 0. The van der Waals surface area contributed by atoms with Gasteiger partial charge in [-0.1, -0.05) is 6.92 Å². The fourth-order valence-electron chi connectivity index (χ4n) is 1.93. The average molecular weight is 372 g/mol. The van der Waals surface area contributed by atoms with E-state index in [1.807, 2.05) is 6.92 Å². The summed E-state index contributed by atoms with van der Waals surface area (Å²) in [6, 6.07) is 5.91. The van der Waals surface area contributed by atoms with Crippen LogP contribution in [-0.4, -0.2) is 44.1 Å². The minimum absolute atomic E-state index is 0.0558. The van der Waals surface area contributed by atoms with E-state index in [1.165, 1.54) is 19.1 Å². The molecule has 0 aliphatic carbocycles. The molecule has 1 amide bonds. The monoisotopic (exact) mass is 372 g/mol. The molecule has 25 heavy (non-hydrogen) atoms. The number of benzene rings is 1. The molecule has 1 atom stereocenters. The second-order valence-corrected chi connectivity index (χ2v) is 7.36. The van der Waals surface area contributed by atoms with Crippen LogP contribution < -0.4 is 14.8 Å². The maximum absolute atomic E-state index is 12.2. The zero-order valence-electron chi connectivity index (χ0n) is 14.5. The lowest BCUT2D eigenvalue weighted by atomic mass is 9.99. The second kappa shape index (κ2) is 8.82. The first kappa shape index (κ1) is 20.9. The van der Waals surface area contributed by atoms with Crippen molar-refractivity contribution in [2.24, 2.45) is 0 Å². The first-order valence-corrected chi connectivity index (χ1v) is 9.40. The number of carboxylic acids is 1. The Bertz CT molecular complexity index is 702. The van der Waals surface area contributed by atoms with Crippen LogP contribution in [0.5, 0.6) is 5.75 Å². The van der Waals surface area contributed by atoms with Crippen molar-refractivity contribution in [1.29, 1.82) is 0 Å². The molecule has 1 aromatic rings. The second-order valence-electron chi connectivity index (χ2n) is 5.59. The van der Waals surface area contributed by atoms with Crippen LogP contribution in [0.25, 0.3) is 0 Å². The van der Waals surface area contributed by atoms with Crippen molar-refractivity contribution in [1.82, 2.24) is 10.0 Å². The SMILES string of the molecule is CCOc1ccc(S(=O)(=O)NCCC(=O)NC(C)(CC)C(=O)O)cc1. The Morgan fingerprint density at radius 3 is 2.28 bits per heavy atom. The average Bonchev–Trinajstić information content (AvgIpc) is 2.55. The van der Waals surface area contributed by atoms with Gasteiger partial charge in [0.1, 0.15) is 11.3 Å². The van der Waals surface area contributed by atoms with Gasteiger partial charge in [0.05, 0.1) is 11.5 Å². The Kier molecular flexibility index (Phi) is 7.38. The summed E-state index contributed by atoms with van der Waals surface area (Å²) in [5.41, 5.74) is -1.37. The number of amides is 1. The first-order chi connectivity index (χ1) is 11.6. The van der Waals surface area contributed by atoms with E-state index in [4.69, 9.17) is 9.84 Å². The normalized spacial score (nSPS) is 13.7. The summed E-state index contributed by atoms with van der Waals surface area (Å²) in [4.78, 5) is 23.0. The Labute approximate surface area is 147 Å². The number of carbonyl (C=O) groups is 2. The van der Waals surface area contributed by atoms with Crippen molar-refractivity contribution in [3.8, 4) is 5.75 Å². The lowest BCUT2D eigenvalue weighted by Crippen LogP contribution is -2.52. The molecule has 0 heterocycles. The van der Waals surface area contributed by atoms with Gasteiger partial charge in [-0.05, 0) is 44.5 Å². The molecule has 3 N–H and O–H groups in total. The van der Waals surface area contributed by atoms with Gasteiger partial charge >= 0.3 is 5.97 Å². The van der Waals surface area contributed by atoms with E-state index < -0.39 is 27.4 Å². The van der Waals surface area contributed by atoms with Crippen LogP contribution in [0.2, 0.25) is 0 Å². The third-order valence-electron chi connectivity index (χ3n) is 3.68. The van der Waals surface area contributed by atoms with E-state index in [2.05, 4.69) is 10.0 Å². The minimum atomic E-state index is -3.76. The zero-order valence-corrected chi connectivity index (χ0v) is 15.4. The molecule has 8 nitrogen and oxygen atoms in total. The van der Waals surface area contributed by atoms with Crippen LogP contribution in [0.4, 0.5) is 0 Å². The van der Waals surface area contributed by atoms with Crippen LogP contribution >= 0.6 is 0 Å². The lowest BCUT2D eigenvalue weighted by Gasteiger charge is -2.24. The Morgan fingerprint density at radius 1 is 1.20 bits per heavy atom. The molecule has 0 fully saturated rings. The molecule has 0 saturated carbocycles. The molecule has 1 unspecified atom stereocenters. The molecular weight excluding hydrogens is 348 g/mol. The third kappa shape index (κ3) is 6.02. The molecular formula is C16H24N2O6S. The quantitative estimate of drug-likeness (QED) is 0.566. The van der Waals surface area contributed by atoms with Gasteiger partial charge in [0.2, 0.25) is 15.9 Å². The van der Waals surface area contributed by atoms with Crippen LogP contribution in [0.15, 0.2) is 29.2 Å². The molecule has 0 radical (unpaired) electrons. The zero-order chi connectivity index (χ0) is 19.1. The predicted molar refractivity (Wildman–Crippen MR) is 91.9 cm³/mol. The molecule has 1 rings (SSSR count). The summed E-state index contributed by atoms with van der Waals surface area (Å²) in [5, 5.41) is 11.5. The summed E-state index contributed by atoms with van der Waals surface area (Å²) < 4.78 is 31.9. The fourth-order valence-corrected chi connectivity index (χ4v) is 2.96. The van der Waals surface area contributed by atoms with Crippen LogP contribution in [0, 0.1) is 0 Å². The van der Waals surface area contributed by atoms with Gasteiger partial charge < -0.3 is 15.2 Å². The highest BCUT2D eigenvalue weighted by Gasteiger charge is 2.32. The molecule has 140 valence electrons. The van der Waals surface area contributed by atoms with Crippen molar-refractivity contribution >= 4 is 21.9 Å².